The number of amides is 1. The first-order valence-electron chi connectivity index (χ1n) is 9.71. The van der Waals surface area contributed by atoms with Gasteiger partial charge in [0.15, 0.2) is 0 Å². The summed E-state index contributed by atoms with van der Waals surface area (Å²) in [7, 11) is 0. The van der Waals surface area contributed by atoms with Gasteiger partial charge < -0.3 is 10.3 Å². The zero-order chi connectivity index (χ0) is 21.3. The Labute approximate surface area is 185 Å². The standard InChI is InChI=1S/C24H21Cl2N3O/c1-14-6-7-16(12-15(14)2)10-11-27-24(30)17-8-9-20-21(13-17)29-23(28-20)22-18(25)4-3-5-19(22)26/h3-9,12-13H,10-11H2,1-2H3,(H,27,30)(H,28,29). The van der Waals surface area contributed by atoms with E-state index in [1.54, 1.807) is 30.3 Å². The summed E-state index contributed by atoms with van der Waals surface area (Å²) < 4.78 is 0. The average Bonchev–Trinajstić information content (AvgIpc) is 3.13. The summed E-state index contributed by atoms with van der Waals surface area (Å²) in [6.45, 7) is 4.77. The van der Waals surface area contributed by atoms with Crippen LogP contribution >= 0.6 is 23.2 Å². The number of rotatable bonds is 5. The highest BCUT2D eigenvalue weighted by atomic mass is 35.5. The van der Waals surface area contributed by atoms with Crippen LogP contribution in [0.25, 0.3) is 22.4 Å². The number of hydrogen-bond acceptors (Lipinski definition) is 2. The van der Waals surface area contributed by atoms with Crippen LogP contribution in [-0.4, -0.2) is 22.4 Å². The number of nitrogens with zero attached hydrogens (tertiary/aromatic N) is 1. The predicted octanol–water partition coefficient (Wildman–Crippen LogP) is 6.13. The monoisotopic (exact) mass is 437 g/mol. The molecule has 152 valence electrons. The van der Waals surface area contributed by atoms with Crippen LogP contribution in [0.3, 0.4) is 0 Å². The van der Waals surface area contributed by atoms with Gasteiger partial charge >= 0.3 is 0 Å². The molecule has 1 aromatic heterocycles. The van der Waals surface area contributed by atoms with E-state index in [-0.39, 0.29) is 5.91 Å². The first kappa shape index (κ1) is 20.5. The first-order chi connectivity index (χ1) is 14.4. The molecule has 0 radical (unpaired) electrons. The van der Waals surface area contributed by atoms with E-state index in [4.69, 9.17) is 23.2 Å². The molecule has 0 unspecified atom stereocenters. The van der Waals surface area contributed by atoms with Crippen LogP contribution < -0.4 is 5.32 Å². The zero-order valence-electron chi connectivity index (χ0n) is 16.7. The number of fused-ring (bicyclic) bond motifs is 1. The molecule has 6 heteroatoms. The van der Waals surface area contributed by atoms with Gasteiger partial charge in [-0.1, -0.05) is 47.5 Å². The lowest BCUT2D eigenvalue weighted by Crippen LogP contribution is -2.25. The van der Waals surface area contributed by atoms with E-state index in [1.807, 2.05) is 6.07 Å². The Hall–Kier alpha value is -2.82. The lowest BCUT2D eigenvalue weighted by atomic mass is 10.0. The molecular weight excluding hydrogens is 417 g/mol. The molecule has 2 N–H and O–H groups in total. The van der Waals surface area contributed by atoms with Gasteiger partial charge in [0.2, 0.25) is 0 Å². The van der Waals surface area contributed by atoms with Crippen LogP contribution in [0, 0.1) is 13.8 Å². The van der Waals surface area contributed by atoms with E-state index in [9.17, 15) is 4.79 Å². The van der Waals surface area contributed by atoms with Gasteiger partial charge in [-0.3, -0.25) is 4.79 Å². The Bertz CT molecular complexity index is 1230. The van der Waals surface area contributed by atoms with Gasteiger partial charge in [0.05, 0.1) is 26.6 Å². The van der Waals surface area contributed by atoms with Crippen molar-refractivity contribution < 1.29 is 4.79 Å². The quantitative estimate of drug-likeness (QED) is 0.394. The van der Waals surface area contributed by atoms with Crippen molar-refractivity contribution in [1.29, 1.82) is 0 Å². The smallest absolute Gasteiger partial charge is 0.251 e. The Morgan fingerprint density at radius 2 is 1.77 bits per heavy atom. The zero-order valence-corrected chi connectivity index (χ0v) is 18.2. The molecule has 3 aromatic carbocycles. The van der Waals surface area contributed by atoms with Crippen LogP contribution in [-0.2, 0) is 6.42 Å². The van der Waals surface area contributed by atoms with Crippen molar-refractivity contribution in [2.45, 2.75) is 20.3 Å². The predicted molar refractivity (Wildman–Crippen MR) is 124 cm³/mol. The molecule has 4 rings (SSSR count). The molecular formula is C24H21Cl2N3O. The summed E-state index contributed by atoms with van der Waals surface area (Å²) in [5, 5.41) is 4.03. The van der Waals surface area contributed by atoms with Crippen LogP contribution in [0.4, 0.5) is 0 Å². The van der Waals surface area contributed by atoms with Crippen molar-refractivity contribution >= 4 is 40.1 Å². The molecule has 0 bridgehead atoms. The lowest BCUT2D eigenvalue weighted by Gasteiger charge is -2.07. The summed E-state index contributed by atoms with van der Waals surface area (Å²) in [4.78, 5) is 20.4. The van der Waals surface area contributed by atoms with Gasteiger partial charge in [0, 0.05) is 12.1 Å². The van der Waals surface area contributed by atoms with E-state index in [2.05, 4.69) is 47.3 Å². The third kappa shape index (κ3) is 4.20. The highest BCUT2D eigenvalue weighted by molar-refractivity contribution is 6.39. The molecule has 4 nitrogen and oxygen atoms in total. The molecule has 30 heavy (non-hydrogen) atoms. The van der Waals surface area contributed by atoms with Crippen molar-refractivity contribution in [3.63, 3.8) is 0 Å². The number of hydrogen-bond donors (Lipinski definition) is 2. The first-order valence-corrected chi connectivity index (χ1v) is 10.5. The van der Waals surface area contributed by atoms with E-state index in [1.165, 1.54) is 16.7 Å². The number of nitrogens with one attached hydrogen (secondary N) is 2. The van der Waals surface area contributed by atoms with Crippen molar-refractivity contribution in [3.8, 4) is 11.4 Å². The van der Waals surface area contributed by atoms with Crippen LogP contribution in [0.2, 0.25) is 10.0 Å². The summed E-state index contributed by atoms with van der Waals surface area (Å²) in [6, 6.07) is 17.1. The fraction of sp³-hybridized carbons (Fsp3) is 0.167. The Balaban J connectivity index is 1.49. The molecule has 1 heterocycles. The fourth-order valence-corrected chi connectivity index (χ4v) is 3.95. The average molecular weight is 438 g/mol. The number of imidazole rings is 1. The fourth-order valence-electron chi connectivity index (χ4n) is 3.37. The highest BCUT2D eigenvalue weighted by Gasteiger charge is 2.14. The van der Waals surface area contributed by atoms with Crippen molar-refractivity contribution in [1.82, 2.24) is 15.3 Å². The van der Waals surface area contributed by atoms with Gasteiger partial charge in [-0.2, -0.15) is 0 Å². The van der Waals surface area contributed by atoms with Gasteiger partial charge in [-0.15, -0.1) is 0 Å². The number of H-pyrrole nitrogens is 1. The van der Waals surface area contributed by atoms with E-state index in [0.717, 1.165) is 17.5 Å². The molecule has 0 saturated heterocycles. The molecule has 0 aliphatic rings. The minimum Gasteiger partial charge on any atom is -0.352 e. The molecule has 0 fully saturated rings. The van der Waals surface area contributed by atoms with E-state index >= 15 is 0 Å². The SMILES string of the molecule is Cc1ccc(CCNC(=O)c2ccc3nc(-c4c(Cl)cccc4Cl)[nH]c3c2)cc1C. The number of aromatic amines is 1. The number of benzene rings is 3. The highest BCUT2D eigenvalue weighted by Crippen LogP contribution is 2.33. The summed E-state index contributed by atoms with van der Waals surface area (Å²) in [5.41, 5.74) is 6.46. The van der Waals surface area contributed by atoms with Crippen LogP contribution in [0.5, 0.6) is 0 Å². The van der Waals surface area contributed by atoms with E-state index < -0.39 is 0 Å². The molecule has 0 aliphatic carbocycles. The maximum atomic E-state index is 12.6. The number of aryl methyl sites for hydroxylation is 2. The molecule has 0 atom stereocenters. The van der Waals surface area contributed by atoms with Crippen LogP contribution in [0.1, 0.15) is 27.0 Å². The van der Waals surface area contributed by atoms with Crippen molar-refractivity contribution in [3.05, 3.63) is 86.9 Å². The summed E-state index contributed by atoms with van der Waals surface area (Å²) >= 11 is 12.6. The molecule has 4 aromatic rings. The van der Waals surface area contributed by atoms with Gasteiger partial charge in [-0.25, -0.2) is 4.98 Å². The van der Waals surface area contributed by atoms with Crippen LogP contribution in [0.15, 0.2) is 54.6 Å². The third-order valence-electron chi connectivity index (χ3n) is 5.21. The Morgan fingerprint density at radius 1 is 1.00 bits per heavy atom. The second kappa shape index (κ2) is 8.50. The number of halogens is 2. The summed E-state index contributed by atoms with van der Waals surface area (Å²) in [6.07, 6.45) is 0.786. The van der Waals surface area contributed by atoms with Gasteiger partial charge in [0.1, 0.15) is 5.82 Å². The maximum absolute atomic E-state index is 12.6. The molecule has 1 amide bonds. The molecule has 0 aliphatic heterocycles. The molecule has 0 spiro atoms. The van der Waals surface area contributed by atoms with Crippen molar-refractivity contribution in [2.75, 3.05) is 6.54 Å². The molecule has 0 saturated carbocycles. The number of aromatic nitrogens is 2. The second-order valence-corrected chi connectivity index (χ2v) is 8.15. The normalized spacial score (nSPS) is 11.1. The summed E-state index contributed by atoms with van der Waals surface area (Å²) in [5.74, 6) is 0.459. The third-order valence-corrected chi connectivity index (χ3v) is 5.84. The maximum Gasteiger partial charge on any atom is 0.251 e. The second-order valence-electron chi connectivity index (χ2n) is 7.34. The Morgan fingerprint density at radius 3 is 2.50 bits per heavy atom. The number of carbonyl (C=O) groups is 1. The largest absolute Gasteiger partial charge is 0.352 e. The minimum atomic E-state index is -0.118. The van der Waals surface area contributed by atoms with Gasteiger partial charge in [0.25, 0.3) is 5.91 Å². The Kier molecular flexibility index (Phi) is 5.80. The van der Waals surface area contributed by atoms with Gasteiger partial charge in [-0.05, 0) is 67.3 Å². The van der Waals surface area contributed by atoms with Crippen molar-refractivity contribution in [2.24, 2.45) is 0 Å². The topological polar surface area (TPSA) is 57.8 Å². The minimum absolute atomic E-state index is 0.118. The van der Waals surface area contributed by atoms with E-state index in [0.29, 0.717) is 33.5 Å². The lowest BCUT2D eigenvalue weighted by molar-refractivity contribution is 0.0954. The number of carbonyl (C=O) groups excluding carboxylic acids is 1.